The molecule has 1 aliphatic rings. The van der Waals surface area contributed by atoms with Crippen LogP contribution in [-0.2, 0) is 4.79 Å². The SMILES string of the molecule is C[C@@H]1CCCC[C@@H]1NC(=O)COc1ccc(C=O)cc1[N+](=O)[O-]. The van der Waals surface area contributed by atoms with Crippen molar-refractivity contribution in [2.75, 3.05) is 6.61 Å². The molecule has 1 fully saturated rings. The van der Waals surface area contributed by atoms with Crippen LogP contribution in [0, 0.1) is 16.0 Å². The summed E-state index contributed by atoms with van der Waals surface area (Å²) < 4.78 is 5.27. The van der Waals surface area contributed by atoms with Gasteiger partial charge in [-0.05, 0) is 30.9 Å². The Morgan fingerprint density at radius 1 is 1.43 bits per heavy atom. The molecule has 0 aromatic heterocycles. The van der Waals surface area contributed by atoms with Crippen LogP contribution in [0.3, 0.4) is 0 Å². The molecule has 0 saturated heterocycles. The number of nitrogens with zero attached hydrogens (tertiary/aromatic N) is 1. The number of ether oxygens (including phenoxy) is 1. The fraction of sp³-hybridized carbons (Fsp3) is 0.500. The van der Waals surface area contributed by atoms with E-state index < -0.39 is 4.92 Å². The highest BCUT2D eigenvalue weighted by atomic mass is 16.6. The molecule has 0 radical (unpaired) electrons. The van der Waals surface area contributed by atoms with Gasteiger partial charge in [-0.3, -0.25) is 19.7 Å². The van der Waals surface area contributed by atoms with Gasteiger partial charge >= 0.3 is 5.69 Å². The number of amides is 1. The summed E-state index contributed by atoms with van der Waals surface area (Å²) in [5, 5.41) is 13.9. The maximum absolute atomic E-state index is 12.0. The second kappa shape index (κ2) is 7.71. The van der Waals surface area contributed by atoms with Crippen molar-refractivity contribution >= 4 is 17.9 Å². The average molecular weight is 320 g/mol. The molecule has 1 saturated carbocycles. The summed E-state index contributed by atoms with van der Waals surface area (Å²) in [6.45, 7) is 1.82. The molecule has 1 aromatic carbocycles. The van der Waals surface area contributed by atoms with Crippen molar-refractivity contribution in [1.29, 1.82) is 0 Å². The van der Waals surface area contributed by atoms with Gasteiger partial charge in [-0.2, -0.15) is 0 Å². The van der Waals surface area contributed by atoms with Crippen LogP contribution in [0.4, 0.5) is 5.69 Å². The Hall–Kier alpha value is -2.44. The highest BCUT2D eigenvalue weighted by Gasteiger charge is 2.23. The fourth-order valence-corrected chi connectivity index (χ4v) is 2.79. The average Bonchev–Trinajstić information content (AvgIpc) is 2.54. The van der Waals surface area contributed by atoms with Crippen molar-refractivity contribution in [2.24, 2.45) is 5.92 Å². The summed E-state index contributed by atoms with van der Waals surface area (Å²) in [6.07, 6.45) is 4.83. The van der Waals surface area contributed by atoms with Crippen LogP contribution in [0.25, 0.3) is 0 Å². The van der Waals surface area contributed by atoms with Crippen LogP contribution in [0.15, 0.2) is 18.2 Å². The summed E-state index contributed by atoms with van der Waals surface area (Å²) in [5.41, 5.74) is -0.141. The Morgan fingerprint density at radius 3 is 2.83 bits per heavy atom. The molecule has 1 aromatic rings. The number of nitrogens with one attached hydrogen (secondary N) is 1. The molecule has 2 atom stereocenters. The topological polar surface area (TPSA) is 98.5 Å². The van der Waals surface area contributed by atoms with Crippen molar-refractivity contribution in [2.45, 2.75) is 38.6 Å². The zero-order chi connectivity index (χ0) is 16.8. The summed E-state index contributed by atoms with van der Waals surface area (Å²) in [5.74, 6) is 0.110. The number of aldehydes is 1. The van der Waals surface area contributed by atoms with Crippen molar-refractivity contribution in [1.82, 2.24) is 5.32 Å². The standard InChI is InChI=1S/C16H20N2O5/c1-11-4-2-3-5-13(11)17-16(20)10-23-15-7-6-12(9-19)8-14(15)18(21)22/h6-9,11,13H,2-5,10H2,1H3,(H,17,20)/t11-,13+/m1/s1. The van der Waals surface area contributed by atoms with Gasteiger partial charge in [0.1, 0.15) is 6.29 Å². The lowest BCUT2D eigenvalue weighted by Gasteiger charge is -2.29. The monoisotopic (exact) mass is 320 g/mol. The Morgan fingerprint density at radius 2 is 2.17 bits per heavy atom. The normalized spacial score (nSPS) is 20.6. The van der Waals surface area contributed by atoms with E-state index >= 15 is 0 Å². The number of carbonyl (C=O) groups is 2. The van der Waals surface area contributed by atoms with E-state index in [4.69, 9.17) is 4.74 Å². The fourth-order valence-electron chi connectivity index (χ4n) is 2.79. The predicted molar refractivity (Wildman–Crippen MR) is 83.5 cm³/mol. The van der Waals surface area contributed by atoms with Gasteiger partial charge in [0.2, 0.25) is 0 Å². The maximum atomic E-state index is 12.0. The first-order chi connectivity index (χ1) is 11.0. The molecule has 2 rings (SSSR count). The molecule has 0 bridgehead atoms. The zero-order valence-corrected chi connectivity index (χ0v) is 13.0. The summed E-state index contributed by atoms with van der Waals surface area (Å²) in [6, 6.07) is 4.01. The molecule has 1 amide bonds. The number of hydrogen-bond donors (Lipinski definition) is 1. The summed E-state index contributed by atoms with van der Waals surface area (Å²) in [7, 11) is 0. The van der Waals surface area contributed by atoms with E-state index in [2.05, 4.69) is 12.2 Å². The third-order valence-electron chi connectivity index (χ3n) is 4.13. The van der Waals surface area contributed by atoms with Crippen LogP contribution < -0.4 is 10.1 Å². The minimum atomic E-state index is -0.635. The molecular formula is C16H20N2O5. The van der Waals surface area contributed by atoms with E-state index in [-0.39, 0.29) is 35.6 Å². The minimum Gasteiger partial charge on any atom is -0.477 e. The molecule has 7 heteroatoms. The molecule has 0 unspecified atom stereocenters. The van der Waals surface area contributed by atoms with Crippen molar-refractivity contribution < 1.29 is 19.2 Å². The molecule has 7 nitrogen and oxygen atoms in total. The molecule has 1 aliphatic carbocycles. The van der Waals surface area contributed by atoms with E-state index in [1.165, 1.54) is 18.6 Å². The molecule has 0 heterocycles. The van der Waals surface area contributed by atoms with Gasteiger partial charge < -0.3 is 10.1 Å². The minimum absolute atomic E-state index is 0.0209. The van der Waals surface area contributed by atoms with E-state index in [0.717, 1.165) is 25.3 Å². The number of rotatable bonds is 6. The lowest BCUT2D eigenvalue weighted by molar-refractivity contribution is -0.385. The second-order valence-corrected chi connectivity index (χ2v) is 5.83. The number of benzene rings is 1. The van der Waals surface area contributed by atoms with Gasteiger partial charge in [0.05, 0.1) is 4.92 Å². The molecule has 23 heavy (non-hydrogen) atoms. The third-order valence-corrected chi connectivity index (χ3v) is 4.13. The highest BCUT2D eigenvalue weighted by molar-refractivity contribution is 5.79. The number of nitro groups is 1. The first kappa shape index (κ1) is 16.9. The van der Waals surface area contributed by atoms with Crippen molar-refractivity contribution in [3.8, 4) is 5.75 Å². The smallest absolute Gasteiger partial charge is 0.311 e. The number of carbonyl (C=O) groups excluding carboxylic acids is 2. The second-order valence-electron chi connectivity index (χ2n) is 5.83. The Labute approximate surface area is 134 Å². The van der Waals surface area contributed by atoms with Crippen LogP contribution in [0.5, 0.6) is 5.75 Å². The van der Waals surface area contributed by atoms with E-state index in [0.29, 0.717) is 12.2 Å². The summed E-state index contributed by atoms with van der Waals surface area (Å²) >= 11 is 0. The van der Waals surface area contributed by atoms with Gasteiger partial charge in [0.25, 0.3) is 5.91 Å². The quantitative estimate of drug-likeness (QED) is 0.493. The molecule has 0 spiro atoms. The zero-order valence-electron chi connectivity index (χ0n) is 13.0. The van der Waals surface area contributed by atoms with E-state index in [9.17, 15) is 19.7 Å². The highest BCUT2D eigenvalue weighted by Crippen LogP contribution is 2.27. The Balaban J connectivity index is 1.96. The Bertz CT molecular complexity index is 602. The molecule has 1 N–H and O–H groups in total. The number of nitro benzene ring substituents is 1. The van der Waals surface area contributed by atoms with Crippen LogP contribution in [0.2, 0.25) is 0 Å². The molecular weight excluding hydrogens is 300 g/mol. The van der Waals surface area contributed by atoms with Gasteiger partial charge in [0, 0.05) is 17.7 Å². The van der Waals surface area contributed by atoms with Crippen LogP contribution in [0.1, 0.15) is 43.0 Å². The van der Waals surface area contributed by atoms with Crippen molar-refractivity contribution in [3.63, 3.8) is 0 Å². The largest absolute Gasteiger partial charge is 0.477 e. The summed E-state index contributed by atoms with van der Waals surface area (Å²) in [4.78, 5) is 33.0. The molecule has 124 valence electrons. The molecule has 0 aliphatic heterocycles. The maximum Gasteiger partial charge on any atom is 0.311 e. The lowest BCUT2D eigenvalue weighted by Crippen LogP contribution is -2.43. The van der Waals surface area contributed by atoms with Gasteiger partial charge in [-0.15, -0.1) is 0 Å². The first-order valence-electron chi connectivity index (χ1n) is 7.67. The number of hydrogen-bond acceptors (Lipinski definition) is 5. The van der Waals surface area contributed by atoms with E-state index in [1.807, 2.05) is 0 Å². The van der Waals surface area contributed by atoms with Gasteiger partial charge in [-0.25, -0.2) is 0 Å². The Kier molecular flexibility index (Phi) is 5.67. The first-order valence-corrected chi connectivity index (χ1v) is 7.67. The van der Waals surface area contributed by atoms with Gasteiger partial charge in [0.15, 0.2) is 12.4 Å². The van der Waals surface area contributed by atoms with Crippen LogP contribution >= 0.6 is 0 Å². The van der Waals surface area contributed by atoms with Crippen molar-refractivity contribution in [3.05, 3.63) is 33.9 Å². The van der Waals surface area contributed by atoms with Crippen LogP contribution in [-0.4, -0.2) is 29.8 Å². The lowest BCUT2D eigenvalue weighted by atomic mass is 9.86. The predicted octanol–water partition coefficient (Wildman–Crippen LogP) is 2.48. The van der Waals surface area contributed by atoms with E-state index in [1.54, 1.807) is 0 Å². The van der Waals surface area contributed by atoms with Gasteiger partial charge in [-0.1, -0.05) is 19.8 Å². The third kappa shape index (κ3) is 4.51.